The first-order chi connectivity index (χ1) is 10.7. The van der Waals surface area contributed by atoms with Crippen molar-refractivity contribution in [2.75, 3.05) is 18.6 Å². The molecular weight excluding hydrogens is 282 g/mol. The third-order valence-corrected chi connectivity index (χ3v) is 4.43. The summed E-state index contributed by atoms with van der Waals surface area (Å²) in [6.45, 7) is 0.784. The number of benzene rings is 1. The number of anilines is 1. The predicted molar refractivity (Wildman–Crippen MR) is 81.8 cm³/mol. The fourth-order valence-electron chi connectivity index (χ4n) is 3.32. The molecule has 1 aromatic heterocycles. The quantitative estimate of drug-likeness (QED) is 0.831. The molecule has 1 amide bonds. The number of rotatable bonds is 1. The Kier molecular flexibility index (Phi) is 2.94. The van der Waals surface area contributed by atoms with Gasteiger partial charge >= 0.3 is 0 Å². The highest BCUT2D eigenvalue weighted by molar-refractivity contribution is 5.90. The molecule has 1 saturated heterocycles. The van der Waals surface area contributed by atoms with Gasteiger partial charge in [-0.25, -0.2) is 4.98 Å². The second-order valence-electron chi connectivity index (χ2n) is 5.72. The highest BCUT2D eigenvalue weighted by atomic mass is 16.5. The minimum Gasteiger partial charge on any atom is -0.497 e. The number of hydrogen-bond donors (Lipinski definition) is 2. The Balaban J connectivity index is 1.93. The Morgan fingerprint density at radius 3 is 3.09 bits per heavy atom. The summed E-state index contributed by atoms with van der Waals surface area (Å²) in [6.07, 6.45) is 0.715. The number of carbonyl (C=O) groups excluding carboxylic acids is 1. The lowest BCUT2D eigenvalue weighted by molar-refractivity contribution is -0.124. The molecule has 1 aromatic carbocycles. The molecule has 0 bridgehead atoms. The van der Waals surface area contributed by atoms with Crippen LogP contribution < -0.4 is 15.0 Å². The summed E-state index contributed by atoms with van der Waals surface area (Å²) in [6, 6.07) is 7.28. The van der Waals surface area contributed by atoms with Gasteiger partial charge in [-0.1, -0.05) is 0 Å². The lowest BCUT2D eigenvalue weighted by Crippen LogP contribution is -2.41. The first kappa shape index (κ1) is 13.3. The molecular formula is C16H17N3O3. The summed E-state index contributed by atoms with van der Waals surface area (Å²) in [5.74, 6) is 1.30. The van der Waals surface area contributed by atoms with Gasteiger partial charge in [0.15, 0.2) is 6.23 Å². The summed E-state index contributed by atoms with van der Waals surface area (Å²) in [5, 5.41) is 13.9. The van der Waals surface area contributed by atoms with Crippen LogP contribution in [0.5, 0.6) is 5.75 Å². The number of nitrogens with zero attached hydrogens (tertiary/aromatic N) is 2. The number of aliphatic hydroxyl groups excluding tert-OH is 1. The van der Waals surface area contributed by atoms with Gasteiger partial charge in [-0.15, -0.1) is 0 Å². The zero-order valence-corrected chi connectivity index (χ0v) is 12.2. The summed E-state index contributed by atoms with van der Waals surface area (Å²) >= 11 is 0. The van der Waals surface area contributed by atoms with E-state index in [0.29, 0.717) is 11.4 Å². The number of nitrogens with one attached hydrogen (secondary N) is 1. The van der Waals surface area contributed by atoms with Crippen LogP contribution in [0, 0.1) is 0 Å². The molecule has 2 aliphatic rings. The SMILES string of the molecule is COc1ccc2nc3c(cc2c1)[C@@H](O)NC(=O)[C@@H]1CCCN31. The van der Waals surface area contributed by atoms with E-state index >= 15 is 0 Å². The number of ether oxygens (including phenoxy) is 1. The molecule has 2 N–H and O–H groups in total. The molecule has 0 spiro atoms. The number of fused-ring (bicyclic) bond motifs is 4. The molecule has 6 heteroatoms. The summed E-state index contributed by atoms with van der Waals surface area (Å²) < 4.78 is 5.23. The number of pyridine rings is 1. The van der Waals surface area contributed by atoms with Gasteiger partial charge in [0.2, 0.25) is 5.91 Å². The first-order valence-electron chi connectivity index (χ1n) is 7.41. The first-order valence-corrected chi connectivity index (χ1v) is 7.41. The Morgan fingerprint density at radius 2 is 2.27 bits per heavy atom. The maximum atomic E-state index is 12.2. The van der Waals surface area contributed by atoms with E-state index in [2.05, 4.69) is 5.32 Å². The van der Waals surface area contributed by atoms with Crippen molar-refractivity contribution in [3.63, 3.8) is 0 Å². The van der Waals surface area contributed by atoms with E-state index in [4.69, 9.17) is 9.72 Å². The van der Waals surface area contributed by atoms with Crippen LogP contribution in [0.2, 0.25) is 0 Å². The average molecular weight is 299 g/mol. The standard InChI is InChI=1S/C16H17N3O3/c1-22-10-4-5-12-9(7-10)8-11-14(17-12)19-6-2-3-13(19)16(21)18-15(11)20/h4-5,7-8,13,15,20H,2-3,6H2,1H3,(H,18,21)/t13-,15+/m0/s1. The van der Waals surface area contributed by atoms with Gasteiger partial charge in [-0.2, -0.15) is 0 Å². The van der Waals surface area contributed by atoms with Gasteiger partial charge in [0.05, 0.1) is 12.6 Å². The van der Waals surface area contributed by atoms with E-state index in [1.54, 1.807) is 7.11 Å². The Bertz CT molecular complexity index is 762. The lowest BCUT2D eigenvalue weighted by atomic mass is 10.1. The van der Waals surface area contributed by atoms with E-state index < -0.39 is 6.23 Å². The fraction of sp³-hybridized carbons (Fsp3) is 0.375. The van der Waals surface area contributed by atoms with Crippen molar-refractivity contribution in [2.45, 2.75) is 25.1 Å². The van der Waals surface area contributed by atoms with Crippen LogP contribution in [-0.2, 0) is 4.79 Å². The maximum Gasteiger partial charge on any atom is 0.245 e. The molecule has 3 heterocycles. The zero-order valence-electron chi connectivity index (χ0n) is 12.2. The monoisotopic (exact) mass is 299 g/mol. The number of carbonyl (C=O) groups is 1. The number of amides is 1. The second-order valence-corrected chi connectivity index (χ2v) is 5.72. The van der Waals surface area contributed by atoms with Gasteiger partial charge in [-0.05, 0) is 37.1 Å². The third kappa shape index (κ3) is 1.91. The van der Waals surface area contributed by atoms with Crippen molar-refractivity contribution < 1.29 is 14.6 Å². The average Bonchev–Trinajstić information content (AvgIpc) is 2.99. The van der Waals surface area contributed by atoms with E-state index in [1.165, 1.54) is 0 Å². The van der Waals surface area contributed by atoms with Crippen molar-refractivity contribution in [1.29, 1.82) is 0 Å². The molecule has 22 heavy (non-hydrogen) atoms. The Hall–Kier alpha value is -2.34. The van der Waals surface area contributed by atoms with Gasteiger partial charge in [-0.3, -0.25) is 4.79 Å². The molecule has 0 saturated carbocycles. The van der Waals surface area contributed by atoms with Crippen LogP contribution in [0.25, 0.3) is 10.9 Å². The summed E-state index contributed by atoms with van der Waals surface area (Å²) in [4.78, 5) is 18.9. The van der Waals surface area contributed by atoms with Crippen molar-refractivity contribution in [2.24, 2.45) is 0 Å². The molecule has 2 aromatic rings. The number of methoxy groups -OCH3 is 1. The normalized spacial score (nSPS) is 23.7. The van der Waals surface area contributed by atoms with Crippen LogP contribution in [0.3, 0.4) is 0 Å². The van der Waals surface area contributed by atoms with E-state index in [0.717, 1.165) is 36.0 Å². The smallest absolute Gasteiger partial charge is 0.245 e. The van der Waals surface area contributed by atoms with Gasteiger partial charge in [0.1, 0.15) is 17.6 Å². The van der Waals surface area contributed by atoms with Crippen molar-refractivity contribution >= 4 is 22.6 Å². The van der Waals surface area contributed by atoms with Crippen molar-refractivity contribution in [3.05, 3.63) is 29.8 Å². The molecule has 6 nitrogen and oxygen atoms in total. The predicted octanol–water partition coefficient (Wildman–Crippen LogP) is 1.33. The number of hydrogen-bond acceptors (Lipinski definition) is 5. The zero-order chi connectivity index (χ0) is 15.3. The van der Waals surface area contributed by atoms with Crippen LogP contribution in [-0.4, -0.2) is 35.7 Å². The largest absolute Gasteiger partial charge is 0.497 e. The molecule has 4 rings (SSSR count). The minimum atomic E-state index is -1.03. The fourth-order valence-corrected chi connectivity index (χ4v) is 3.32. The van der Waals surface area contributed by atoms with Gasteiger partial charge < -0.3 is 20.1 Å². The molecule has 0 aliphatic carbocycles. The van der Waals surface area contributed by atoms with Crippen molar-refractivity contribution in [3.8, 4) is 5.75 Å². The molecule has 0 radical (unpaired) electrons. The minimum absolute atomic E-state index is 0.135. The molecule has 2 atom stereocenters. The Morgan fingerprint density at radius 1 is 1.41 bits per heavy atom. The van der Waals surface area contributed by atoms with Crippen LogP contribution in [0.4, 0.5) is 5.82 Å². The second kappa shape index (κ2) is 4.84. The summed E-state index contributed by atoms with van der Waals surface area (Å²) in [7, 11) is 1.61. The van der Waals surface area contributed by atoms with E-state index in [1.807, 2.05) is 29.2 Å². The summed E-state index contributed by atoms with van der Waals surface area (Å²) in [5.41, 5.74) is 1.46. The third-order valence-electron chi connectivity index (χ3n) is 4.43. The lowest BCUT2D eigenvalue weighted by Gasteiger charge is -2.23. The highest BCUT2D eigenvalue weighted by Crippen LogP contribution is 2.35. The van der Waals surface area contributed by atoms with Crippen LogP contribution in [0.1, 0.15) is 24.6 Å². The van der Waals surface area contributed by atoms with Crippen LogP contribution in [0.15, 0.2) is 24.3 Å². The molecule has 2 aliphatic heterocycles. The van der Waals surface area contributed by atoms with Crippen LogP contribution >= 0.6 is 0 Å². The topological polar surface area (TPSA) is 74.7 Å². The molecule has 1 fully saturated rings. The van der Waals surface area contributed by atoms with Crippen molar-refractivity contribution in [1.82, 2.24) is 10.3 Å². The maximum absolute atomic E-state index is 12.2. The Labute approximate surface area is 127 Å². The number of aliphatic hydroxyl groups is 1. The van der Waals surface area contributed by atoms with E-state index in [9.17, 15) is 9.90 Å². The van der Waals surface area contributed by atoms with Gasteiger partial charge in [0, 0.05) is 17.5 Å². The number of aromatic nitrogens is 1. The van der Waals surface area contributed by atoms with Gasteiger partial charge in [0.25, 0.3) is 0 Å². The molecule has 0 unspecified atom stereocenters. The highest BCUT2D eigenvalue weighted by Gasteiger charge is 2.38. The van der Waals surface area contributed by atoms with E-state index in [-0.39, 0.29) is 11.9 Å². The molecule has 114 valence electrons.